The van der Waals surface area contributed by atoms with Crippen LogP contribution in [0.25, 0.3) is 17.1 Å². The second-order valence-electron chi connectivity index (χ2n) is 18.5. The number of nitrogens with zero attached hydrogens (tertiary/aromatic N) is 3. The van der Waals surface area contributed by atoms with Crippen molar-refractivity contribution >= 4 is 11.9 Å². The SMILES string of the molecule is COC(=O)C(C)(CC(C)C(C)(CC(C)(C)CC(C#N)C(C)(C)C)C(=O)OCCOc1cc(C)c(-n2cc[n+](C)c2-c2ccccc2)c(C)c1)C(C)(C)C. The molecule has 0 amide bonds. The molecule has 3 rings (SSSR count). The summed E-state index contributed by atoms with van der Waals surface area (Å²) in [5.41, 5.74) is 1.53. The summed E-state index contributed by atoms with van der Waals surface area (Å²) in [5, 5.41) is 10.1. The van der Waals surface area contributed by atoms with Crippen molar-refractivity contribution in [1.82, 2.24) is 4.57 Å². The van der Waals surface area contributed by atoms with Crippen molar-refractivity contribution in [1.29, 1.82) is 5.26 Å². The number of nitriles is 1. The topological polar surface area (TPSA) is 94.4 Å². The van der Waals surface area contributed by atoms with E-state index in [0.717, 1.165) is 28.2 Å². The zero-order valence-electron chi connectivity index (χ0n) is 35.3. The fourth-order valence-corrected chi connectivity index (χ4v) is 7.80. The van der Waals surface area contributed by atoms with Crippen LogP contribution >= 0.6 is 0 Å². The zero-order chi connectivity index (χ0) is 40.2. The fourth-order valence-electron chi connectivity index (χ4n) is 7.80. The fraction of sp³-hybridized carbons (Fsp3) is 0.600. The Bertz CT molecular complexity index is 1750. The van der Waals surface area contributed by atoms with Crippen LogP contribution in [0.3, 0.4) is 0 Å². The molecule has 0 fully saturated rings. The van der Waals surface area contributed by atoms with Gasteiger partial charge in [-0.25, -0.2) is 4.57 Å². The number of ether oxygens (including phenoxy) is 3. The Balaban J connectivity index is 1.85. The molecule has 0 aliphatic carbocycles. The van der Waals surface area contributed by atoms with Gasteiger partial charge in [0.15, 0.2) is 0 Å². The van der Waals surface area contributed by atoms with Crippen molar-refractivity contribution in [2.75, 3.05) is 20.3 Å². The number of rotatable bonds is 15. The number of esters is 2. The van der Waals surface area contributed by atoms with E-state index in [2.05, 4.69) is 88.2 Å². The maximum absolute atomic E-state index is 14.3. The molecule has 1 aromatic heterocycles. The maximum Gasteiger partial charge on any atom is 0.312 e. The second kappa shape index (κ2) is 16.5. The van der Waals surface area contributed by atoms with E-state index in [1.165, 1.54) is 7.11 Å². The van der Waals surface area contributed by atoms with Crippen LogP contribution in [0, 0.1) is 64.1 Å². The van der Waals surface area contributed by atoms with Gasteiger partial charge in [-0.15, -0.1) is 0 Å². The number of aryl methyl sites for hydroxylation is 3. The molecule has 0 saturated carbocycles. The molecule has 0 spiro atoms. The standard InChI is InChI=1S/C45H66N3O5/c1-31-25-36(26-32(2)37(31)48-22-21-47(14)38(48)34-19-17-16-18-20-34)52-23-24-53-39(49)44(12,30-43(10,11)28-35(29-46)41(4,5)6)33(3)27-45(13,40(50)51-15)42(7,8)9/h16-22,25-26,33,35H,23-24,27-28,30H2,1-15H3/q+1. The smallest absolute Gasteiger partial charge is 0.312 e. The van der Waals surface area contributed by atoms with Gasteiger partial charge in [0, 0.05) is 11.1 Å². The third kappa shape index (κ3) is 9.90. The van der Waals surface area contributed by atoms with Crippen LogP contribution in [0.2, 0.25) is 0 Å². The van der Waals surface area contributed by atoms with Crippen LogP contribution in [0.5, 0.6) is 5.75 Å². The molecule has 0 saturated heterocycles. The number of benzene rings is 2. The van der Waals surface area contributed by atoms with Crippen molar-refractivity contribution in [3.05, 3.63) is 66.0 Å². The minimum Gasteiger partial charge on any atom is -0.490 e. The lowest BCUT2D eigenvalue weighted by Gasteiger charge is -2.46. The number of aromatic nitrogens is 2. The average Bonchev–Trinajstić information content (AvgIpc) is 3.43. The van der Waals surface area contributed by atoms with Crippen molar-refractivity contribution < 1.29 is 28.4 Å². The van der Waals surface area contributed by atoms with E-state index in [0.29, 0.717) is 25.0 Å². The van der Waals surface area contributed by atoms with Crippen molar-refractivity contribution in [2.45, 2.75) is 109 Å². The second-order valence-corrected chi connectivity index (χ2v) is 18.5. The summed E-state index contributed by atoms with van der Waals surface area (Å²) in [5.74, 6) is 0.717. The summed E-state index contributed by atoms with van der Waals surface area (Å²) in [6, 6.07) is 16.9. The van der Waals surface area contributed by atoms with Crippen molar-refractivity contribution in [2.24, 2.45) is 46.0 Å². The molecular weight excluding hydrogens is 663 g/mol. The van der Waals surface area contributed by atoms with Crippen LogP contribution in [0.15, 0.2) is 54.9 Å². The summed E-state index contributed by atoms with van der Waals surface area (Å²) in [7, 11) is 3.47. The van der Waals surface area contributed by atoms with Crippen LogP contribution in [0.4, 0.5) is 0 Å². The number of methoxy groups -OCH3 is 1. The highest BCUT2D eigenvalue weighted by Crippen LogP contribution is 2.52. The van der Waals surface area contributed by atoms with Gasteiger partial charge < -0.3 is 14.2 Å². The van der Waals surface area contributed by atoms with Crippen LogP contribution in [-0.2, 0) is 26.1 Å². The minimum atomic E-state index is -0.958. The van der Waals surface area contributed by atoms with E-state index >= 15 is 0 Å². The van der Waals surface area contributed by atoms with Crippen molar-refractivity contribution in [3.63, 3.8) is 0 Å². The first-order valence-corrected chi connectivity index (χ1v) is 18.9. The first-order chi connectivity index (χ1) is 24.4. The number of hydrogen-bond donors (Lipinski definition) is 0. The zero-order valence-corrected chi connectivity index (χ0v) is 35.3. The molecule has 8 heteroatoms. The minimum absolute atomic E-state index is 0.0728. The predicted octanol–water partition coefficient (Wildman–Crippen LogP) is 9.76. The van der Waals surface area contributed by atoms with Gasteiger partial charge in [-0.05, 0) is 93.4 Å². The van der Waals surface area contributed by atoms with Crippen molar-refractivity contribution in [3.8, 4) is 28.9 Å². The van der Waals surface area contributed by atoms with Gasteiger partial charge in [0.05, 0.1) is 42.5 Å². The first kappa shape index (κ1) is 43.3. The molecule has 4 unspecified atom stereocenters. The quantitative estimate of drug-likeness (QED) is 0.0879. The highest BCUT2D eigenvalue weighted by atomic mass is 16.6. The third-order valence-electron chi connectivity index (χ3n) is 11.7. The Kier molecular flexibility index (Phi) is 13.5. The van der Waals surface area contributed by atoms with Gasteiger partial charge in [-0.1, -0.05) is 80.5 Å². The normalized spacial score (nSPS) is 15.7. The lowest BCUT2D eigenvalue weighted by Crippen LogP contribution is -2.48. The van der Waals surface area contributed by atoms with E-state index in [1.807, 2.05) is 78.9 Å². The Labute approximate surface area is 319 Å². The summed E-state index contributed by atoms with van der Waals surface area (Å²) in [6.07, 6.45) is 5.68. The molecule has 53 heavy (non-hydrogen) atoms. The lowest BCUT2D eigenvalue weighted by molar-refractivity contribution is -0.659. The Morgan fingerprint density at radius 3 is 1.98 bits per heavy atom. The molecule has 4 atom stereocenters. The van der Waals surface area contributed by atoms with E-state index in [-0.39, 0.29) is 47.8 Å². The number of carbonyl (C=O) groups excluding carboxylic acids is 2. The van der Waals surface area contributed by atoms with E-state index < -0.39 is 16.2 Å². The molecule has 3 aromatic rings. The third-order valence-corrected chi connectivity index (χ3v) is 11.7. The lowest BCUT2D eigenvalue weighted by atomic mass is 9.57. The van der Waals surface area contributed by atoms with E-state index in [9.17, 15) is 14.9 Å². The summed E-state index contributed by atoms with van der Waals surface area (Å²) < 4.78 is 21.9. The van der Waals surface area contributed by atoms with Crippen LogP contribution in [-0.4, -0.2) is 36.8 Å². The molecule has 290 valence electrons. The maximum atomic E-state index is 14.3. The van der Waals surface area contributed by atoms with E-state index in [1.54, 1.807) is 0 Å². The molecule has 2 aromatic carbocycles. The highest BCUT2D eigenvalue weighted by molar-refractivity contribution is 5.79. The summed E-state index contributed by atoms with van der Waals surface area (Å²) >= 11 is 0. The Morgan fingerprint density at radius 2 is 1.47 bits per heavy atom. The van der Waals surface area contributed by atoms with Gasteiger partial charge in [0.25, 0.3) is 5.82 Å². The largest absolute Gasteiger partial charge is 0.490 e. The average molecular weight is 729 g/mol. The summed E-state index contributed by atoms with van der Waals surface area (Å²) in [6.45, 7) is 26.9. The van der Waals surface area contributed by atoms with Gasteiger partial charge in [-0.2, -0.15) is 9.83 Å². The molecule has 0 bridgehead atoms. The molecule has 8 nitrogen and oxygen atoms in total. The Morgan fingerprint density at radius 1 is 0.887 bits per heavy atom. The molecule has 0 N–H and O–H groups in total. The molecule has 0 aliphatic rings. The van der Waals surface area contributed by atoms with Gasteiger partial charge in [0.1, 0.15) is 37.0 Å². The number of carbonyl (C=O) groups is 2. The first-order valence-electron chi connectivity index (χ1n) is 18.9. The van der Waals surface area contributed by atoms with Crippen LogP contribution in [0.1, 0.15) is 107 Å². The molecule has 0 aliphatic heterocycles. The predicted molar refractivity (Wildman–Crippen MR) is 211 cm³/mol. The number of hydrogen-bond acceptors (Lipinski definition) is 6. The number of imidazole rings is 1. The van der Waals surface area contributed by atoms with Gasteiger partial charge >= 0.3 is 11.9 Å². The highest BCUT2D eigenvalue weighted by Gasteiger charge is 2.52. The molecule has 0 radical (unpaired) electrons. The monoisotopic (exact) mass is 728 g/mol. The molecule has 1 heterocycles. The Hall–Kier alpha value is -4.12. The van der Waals surface area contributed by atoms with Gasteiger partial charge in [0.2, 0.25) is 0 Å². The van der Waals surface area contributed by atoms with E-state index in [4.69, 9.17) is 14.2 Å². The van der Waals surface area contributed by atoms with Crippen LogP contribution < -0.4 is 9.30 Å². The summed E-state index contributed by atoms with van der Waals surface area (Å²) in [4.78, 5) is 27.6. The molecular formula is C45H66N3O5+. The van der Waals surface area contributed by atoms with Gasteiger partial charge in [-0.3, -0.25) is 9.59 Å².